The van der Waals surface area contributed by atoms with Gasteiger partial charge in [0.15, 0.2) is 0 Å². The van der Waals surface area contributed by atoms with E-state index in [-0.39, 0.29) is 5.91 Å². The summed E-state index contributed by atoms with van der Waals surface area (Å²) in [6.07, 6.45) is 18.5. The molecule has 0 heterocycles. The maximum absolute atomic E-state index is 11.8. The topological polar surface area (TPSA) is 46.2 Å². The zero-order valence-corrected chi connectivity index (χ0v) is 17.5. The summed E-state index contributed by atoms with van der Waals surface area (Å²) in [5.41, 5.74) is 1.13. The molecule has 1 N–H and O–H groups in total. The zero-order chi connectivity index (χ0) is 20.3. The Labute approximate surface area is 171 Å². The first-order valence-electron chi connectivity index (χ1n) is 10.8. The van der Waals surface area contributed by atoms with Crippen LogP contribution < -0.4 is 5.32 Å². The van der Waals surface area contributed by atoms with Gasteiger partial charge in [-0.3, -0.25) is 9.59 Å². The van der Waals surface area contributed by atoms with Crippen LogP contribution in [0.25, 0.3) is 0 Å². The molecule has 0 bridgehead atoms. The summed E-state index contributed by atoms with van der Waals surface area (Å²) in [5.74, 6) is 0.492. The highest BCUT2D eigenvalue weighted by Gasteiger charge is 2.02. The van der Waals surface area contributed by atoms with Crippen LogP contribution in [0.2, 0.25) is 0 Å². The van der Waals surface area contributed by atoms with Gasteiger partial charge in [-0.1, -0.05) is 80.8 Å². The van der Waals surface area contributed by atoms with Gasteiger partial charge in [-0.05, 0) is 37.7 Å². The van der Waals surface area contributed by atoms with E-state index in [1.807, 2.05) is 30.3 Å². The minimum atomic E-state index is 0.122. The van der Waals surface area contributed by atoms with Crippen LogP contribution in [0.4, 0.5) is 0 Å². The first-order valence-corrected chi connectivity index (χ1v) is 10.8. The Morgan fingerprint density at radius 1 is 0.821 bits per heavy atom. The molecule has 154 valence electrons. The van der Waals surface area contributed by atoms with Crippen LogP contribution in [0.3, 0.4) is 0 Å². The molecule has 3 heteroatoms. The summed E-state index contributed by atoms with van der Waals surface area (Å²) in [6.45, 7) is 2.73. The minimum absolute atomic E-state index is 0.122. The molecule has 0 aromatic heterocycles. The largest absolute Gasteiger partial charge is 0.352 e. The monoisotopic (exact) mass is 383 g/mol. The maximum Gasteiger partial charge on any atom is 0.220 e. The molecule has 0 atom stereocenters. The Hall–Kier alpha value is -2.16. The lowest BCUT2D eigenvalue weighted by Gasteiger charge is -2.05. The first-order chi connectivity index (χ1) is 13.7. The summed E-state index contributed by atoms with van der Waals surface area (Å²) >= 11 is 0. The average molecular weight is 384 g/mol. The van der Waals surface area contributed by atoms with Gasteiger partial charge in [0.25, 0.3) is 0 Å². The van der Waals surface area contributed by atoms with Crippen LogP contribution in [-0.2, 0) is 16.1 Å². The van der Waals surface area contributed by atoms with E-state index in [0.29, 0.717) is 31.6 Å². The van der Waals surface area contributed by atoms with Crippen molar-refractivity contribution in [3.05, 3.63) is 60.2 Å². The van der Waals surface area contributed by atoms with Gasteiger partial charge in [-0.25, -0.2) is 0 Å². The average Bonchev–Trinajstić information content (AvgIpc) is 2.71. The Morgan fingerprint density at radius 3 is 2.25 bits per heavy atom. The Bertz CT molecular complexity index is 590. The van der Waals surface area contributed by atoms with Crippen LogP contribution in [0.15, 0.2) is 54.6 Å². The second-order valence-corrected chi connectivity index (χ2v) is 7.19. The number of unbranched alkanes of at least 4 members (excludes halogenated alkanes) is 4. The fourth-order valence-corrected chi connectivity index (χ4v) is 2.95. The van der Waals surface area contributed by atoms with Crippen LogP contribution in [0.5, 0.6) is 0 Å². The van der Waals surface area contributed by atoms with E-state index in [0.717, 1.165) is 56.9 Å². The highest BCUT2D eigenvalue weighted by Crippen LogP contribution is 2.09. The third-order valence-corrected chi connectivity index (χ3v) is 4.62. The number of carbonyl (C=O) groups is 2. The standard InChI is InChI=1S/C25H37NO2/c1-2-3-4-5-6-8-14-19-24(27)20-15-9-7-10-16-21-25(28)26-22-23-17-12-11-13-18-23/h3-4,6,8,11-13,17-18H,2,5,7,9-10,14-16,19-22H2,1H3,(H,26,28). The lowest BCUT2D eigenvalue weighted by Crippen LogP contribution is -2.22. The fourth-order valence-electron chi connectivity index (χ4n) is 2.95. The molecule has 0 unspecified atom stereocenters. The van der Waals surface area contributed by atoms with Crippen molar-refractivity contribution in [3.8, 4) is 0 Å². The van der Waals surface area contributed by atoms with Gasteiger partial charge in [-0.15, -0.1) is 0 Å². The number of hydrogen-bond donors (Lipinski definition) is 1. The first kappa shape index (κ1) is 23.9. The summed E-state index contributed by atoms with van der Waals surface area (Å²) in [4.78, 5) is 23.7. The van der Waals surface area contributed by atoms with E-state index < -0.39 is 0 Å². The maximum atomic E-state index is 11.8. The number of amides is 1. The van der Waals surface area contributed by atoms with Gasteiger partial charge in [0.1, 0.15) is 5.78 Å². The van der Waals surface area contributed by atoms with Gasteiger partial charge in [0, 0.05) is 25.8 Å². The van der Waals surface area contributed by atoms with Crippen LogP contribution in [0, 0.1) is 0 Å². The van der Waals surface area contributed by atoms with Crippen molar-refractivity contribution in [1.29, 1.82) is 0 Å². The third kappa shape index (κ3) is 14.0. The molecule has 0 saturated heterocycles. The molecule has 1 aromatic carbocycles. The predicted octanol–water partition coefficient (Wildman–Crippen LogP) is 6.30. The third-order valence-electron chi connectivity index (χ3n) is 4.62. The normalized spacial score (nSPS) is 11.3. The summed E-state index contributed by atoms with van der Waals surface area (Å²) < 4.78 is 0. The number of ketones is 1. The Balaban J connectivity index is 1.90. The van der Waals surface area contributed by atoms with Crippen molar-refractivity contribution in [3.63, 3.8) is 0 Å². The smallest absolute Gasteiger partial charge is 0.220 e. The lowest BCUT2D eigenvalue weighted by atomic mass is 10.0. The Kier molecular flexibility index (Phi) is 14.5. The SMILES string of the molecule is CCC=CCC=CCCC(=O)CCCCCCCC(=O)NCc1ccccc1. The number of allylic oxidation sites excluding steroid dienone is 4. The predicted molar refractivity (Wildman–Crippen MR) is 118 cm³/mol. The molecular weight excluding hydrogens is 346 g/mol. The van der Waals surface area contributed by atoms with E-state index in [1.165, 1.54) is 0 Å². The lowest BCUT2D eigenvalue weighted by molar-refractivity contribution is -0.121. The molecule has 1 aromatic rings. The molecule has 3 nitrogen and oxygen atoms in total. The van der Waals surface area contributed by atoms with Crippen molar-refractivity contribution in [1.82, 2.24) is 5.32 Å². The number of rotatable bonds is 16. The molecule has 0 aliphatic carbocycles. The second-order valence-electron chi connectivity index (χ2n) is 7.19. The number of Topliss-reactive ketones (excluding diaryl/α,β-unsaturated/α-hetero) is 1. The number of carbonyl (C=O) groups excluding carboxylic acids is 2. The van der Waals surface area contributed by atoms with E-state index in [1.54, 1.807) is 0 Å². The molecule has 0 spiro atoms. The number of hydrogen-bond acceptors (Lipinski definition) is 2. The van der Waals surface area contributed by atoms with Gasteiger partial charge in [0.05, 0.1) is 0 Å². The molecule has 0 aliphatic rings. The number of nitrogens with one attached hydrogen (secondary N) is 1. The Morgan fingerprint density at radius 2 is 1.50 bits per heavy atom. The van der Waals surface area contributed by atoms with Gasteiger partial charge in [-0.2, -0.15) is 0 Å². The highest BCUT2D eigenvalue weighted by molar-refractivity contribution is 5.78. The zero-order valence-electron chi connectivity index (χ0n) is 17.5. The quantitative estimate of drug-likeness (QED) is 0.269. The van der Waals surface area contributed by atoms with Gasteiger partial charge < -0.3 is 5.32 Å². The number of benzene rings is 1. The highest BCUT2D eigenvalue weighted by atomic mass is 16.1. The molecule has 0 saturated carbocycles. The molecule has 1 amide bonds. The van der Waals surface area contributed by atoms with Crippen molar-refractivity contribution < 1.29 is 9.59 Å². The van der Waals surface area contributed by atoms with Crippen LogP contribution in [-0.4, -0.2) is 11.7 Å². The molecule has 0 aliphatic heterocycles. The second kappa shape index (κ2) is 17.0. The van der Waals surface area contributed by atoms with Crippen LogP contribution in [0.1, 0.15) is 83.1 Å². The van der Waals surface area contributed by atoms with Crippen molar-refractivity contribution >= 4 is 11.7 Å². The van der Waals surface area contributed by atoms with Gasteiger partial charge >= 0.3 is 0 Å². The molecular formula is C25H37NO2. The van der Waals surface area contributed by atoms with E-state index in [9.17, 15) is 9.59 Å². The van der Waals surface area contributed by atoms with Crippen LogP contribution >= 0.6 is 0 Å². The summed E-state index contributed by atoms with van der Waals surface area (Å²) in [7, 11) is 0. The molecule has 0 radical (unpaired) electrons. The summed E-state index contributed by atoms with van der Waals surface area (Å²) in [5, 5.41) is 2.96. The minimum Gasteiger partial charge on any atom is -0.352 e. The van der Waals surface area contributed by atoms with Crippen molar-refractivity contribution in [2.24, 2.45) is 0 Å². The van der Waals surface area contributed by atoms with E-state index >= 15 is 0 Å². The van der Waals surface area contributed by atoms with Crippen molar-refractivity contribution in [2.75, 3.05) is 0 Å². The van der Waals surface area contributed by atoms with Gasteiger partial charge in [0.2, 0.25) is 5.91 Å². The summed E-state index contributed by atoms with van der Waals surface area (Å²) in [6, 6.07) is 9.97. The molecule has 28 heavy (non-hydrogen) atoms. The van der Waals surface area contributed by atoms with E-state index in [4.69, 9.17) is 0 Å². The molecule has 1 rings (SSSR count). The van der Waals surface area contributed by atoms with E-state index in [2.05, 4.69) is 36.5 Å². The van der Waals surface area contributed by atoms with Crippen molar-refractivity contribution in [2.45, 2.75) is 84.1 Å². The fraction of sp³-hybridized carbons (Fsp3) is 0.520. The molecule has 0 fully saturated rings.